The summed E-state index contributed by atoms with van der Waals surface area (Å²) in [6, 6.07) is 8.95. The van der Waals surface area contributed by atoms with E-state index in [0.717, 1.165) is 5.57 Å². The van der Waals surface area contributed by atoms with Gasteiger partial charge in [-0.1, -0.05) is 54.6 Å². The van der Waals surface area contributed by atoms with Gasteiger partial charge in [-0.15, -0.1) is 0 Å². The number of ketones is 1. The molecule has 0 radical (unpaired) electrons. The first-order valence-electron chi connectivity index (χ1n) is 8.41. The number of aliphatic hydroxyl groups is 2. The molecule has 142 valence electrons. The molecule has 0 aliphatic heterocycles. The quantitative estimate of drug-likeness (QED) is 0.346. The van der Waals surface area contributed by atoms with Crippen LogP contribution in [0, 0.1) is 5.92 Å². The second-order valence-electron chi connectivity index (χ2n) is 6.21. The van der Waals surface area contributed by atoms with Gasteiger partial charge in [0.25, 0.3) is 0 Å². The number of carbonyl (C=O) groups excluding carboxylic acids is 1. The first kappa shape index (κ1) is 20.4. The molecule has 2 N–H and O–H groups in total. The van der Waals surface area contributed by atoms with Gasteiger partial charge in [0.1, 0.15) is 11.5 Å². The summed E-state index contributed by atoms with van der Waals surface area (Å²) in [5.41, 5.74) is 1.57. The minimum Gasteiger partial charge on any atom is -0.507 e. The summed E-state index contributed by atoms with van der Waals surface area (Å²) in [5.74, 6) is -3.03. The van der Waals surface area contributed by atoms with Crippen molar-refractivity contribution in [2.24, 2.45) is 5.92 Å². The van der Waals surface area contributed by atoms with Crippen LogP contribution in [0.15, 0.2) is 84.2 Å². The van der Waals surface area contributed by atoms with Crippen LogP contribution in [0.3, 0.4) is 0 Å². The molecule has 1 aliphatic rings. The molecular weight excluding hydrogens is 344 g/mol. The van der Waals surface area contributed by atoms with Crippen molar-refractivity contribution in [2.75, 3.05) is 14.2 Å². The van der Waals surface area contributed by atoms with Crippen molar-refractivity contribution in [2.45, 2.75) is 12.7 Å². The molecule has 27 heavy (non-hydrogen) atoms. The van der Waals surface area contributed by atoms with E-state index < -0.39 is 17.5 Å². The number of methoxy groups -OCH3 is 2. The van der Waals surface area contributed by atoms with Crippen molar-refractivity contribution in [1.82, 2.24) is 0 Å². The van der Waals surface area contributed by atoms with Gasteiger partial charge >= 0.3 is 0 Å². The van der Waals surface area contributed by atoms with Gasteiger partial charge in [-0.25, -0.2) is 0 Å². The predicted octanol–water partition coefficient (Wildman–Crippen LogP) is 3.71. The second kappa shape index (κ2) is 8.66. The van der Waals surface area contributed by atoms with Crippen LogP contribution in [0.2, 0.25) is 0 Å². The highest BCUT2D eigenvalue weighted by Crippen LogP contribution is 2.35. The van der Waals surface area contributed by atoms with Crippen molar-refractivity contribution >= 4 is 11.5 Å². The van der Waals surface area contributed by atoms with Crippen molar-refractivity contribution in [1.29, 1.82) is 0 Å². The normalized spacial score (nSPS) is 25.0. The third kappa shape index (κ3) is 4.64. The molecule has 0 saturated heterocycles. The van der Waals surface area contributed by atoms with Crippen LogP contribution in [0.1, 0.15) is 12.5 Å². The minimum atomic E-state index is -1.84. The van der Waals surface area contributed by atoms with E-state index in [4.69, 9.17) is 9.47 Å². The van der Waals surface area contributed by atoms with Crippen molar-refractivity contribution in [3.05, 3.63) is 89.8 Å². The van der Waals surface area contributed by atoms with Gasteiger partial charge in [0.2, 0.25) is 5.79 Å². The Hall–Kier alpha value is -2.89. The molecule has 0 saturated carbocycles. The average Bonchev–Trinajstić information content (AvgIpc) is 2.66. The Bertz CT molecular complexity index is 830. The summed E-state index contributed by atoms with van der Waals surface area (Å²) in [6.45, 7) is 5.54. The lowest BCUT2D eigenvalue weighted by atomic mass is 9.82. The summed E-state index contributed by atoms with van der Waals surface area (Å²) in [5, 5.41) is 21.0. The number of carbonyl (C=O) groups is 1. The fourth-order valence-electron chi connectivity index (χ4n) is 2.70. The second-order valence-corrected chi connectivity index (χ2v) is 6.21. The zero-order valence-electron chi connectivity index (χ0n) is 15.7. The number of allylic oxidation sites excluding steroid dienone is 5. The zero-order valence-corrected chi connectivity index (χ0v) is 15.7. The van der Waals surface area contributed by atoms with E-state index in [2.05, 4.69) is 6.58 Å². The van der Waals surface area contributed by atoms with Gasteiger partial charge < -0.3 is 19.7 Å². The topological polar surface area (TPSA) is 76.0 Å². The Morgan fingerprint density at radius 1 is 1.26 bits per heavy atom. The molecule has 0 spiro atoms. The minimum absolute atomic E-state index is 0.00737. The standard InChI is InChI=1S/C22H24O5/c1-15(2)10-12-18-21(24)17(20(26-3)14-22(18,25)27-4)11-13-19(23)16-8-6-5-7-9-16/h5-14,18,23,25H,1H2,2-4H3. The highest BCUT2D eigenvalue weighted by molar-refractivity contribution is 6.04. The largest absolute Gasteiger partial charge is 0.507 e. The zero-order chi connectivity index (χ0) is 20.0. The lowest BCUT2D eigenvalue weighted by molar-refractivity contribution is -0.180. The Balaban J connectivity index is 2.49. The van der Waals surface area contributed by atoms with E-state index in [1.54, 1.807) is 43.3 Å². The van der Waals surface area contributed by atoms with Crippen LogP contribution < -0.4 is 0 Å². The number of ether oxygens (including phenoxy) is 2. The van der Waals surface area contributed by atoms with Crippen molar-refractivity contribution in [3.63, 3.8) is 0 Å². The molecule has 2 rings (SSSR count). The smallest absolute Gasteiger partial charge is 0.202 e. The van der Waals surface area contributed by atoms with E-state index in [1.807, 2.05) is 6.07 Å². The molecule has 0 aromatic heterocycles. The van der Waals surface area contributed by atoms with Crippen LogP contribution in [0.4, 0.5) is 0 Å². The maximum atomic E-state index is 13.0. The third-order valence-corrected chi connectivity index (χ3v) is 4.19. The van der Waals surface area contributed by atoms with E-state index in [1.165, 1.54) is 32.4 Å². The van der Waals surface area contributed by atoms with Crippen molar-refractivity contribution in [3.8, 4) is 0 Å². The maximum absolute atomic E-state index is 13.0. The first-order chi connectivity index (χ1) is 12.8. The summed E-state index contributed by atoms with van der Waals surface area (Å²) < 4.78 is 10.4. The molecule has 0 heterocycles. The Morgan fingerprint density at radius 2 is 1.93 bits per heavy atom. The molecule has 5 nitrogen and oxygen atoms in total. The molecule has 1 aliphatic carbocycles. The molecule has 0 amide bonds. The average molecular weight is 368 g/mol. The van der Waals surface area contributed by atoms with E-state index in [0.29, 0.717) is 5.56 Å². The monoisotopic (exact) mass is 368 g/mol. The van der Waals surface area contributed by atoms with Gasteiger partial charge in [-0.3, -0.25) is 4.79 Å². The van der Waals surface area contributed by atoms with Gasteiger partial charge in [0.15, 0.2) is 5.78 Å². The van der Waals surface area contributed by atoms with Gasteiger partial charge in [0.05, 0.1) is 18.6 Å². The number of aliphatic hydroxyl groups excluding tert-OH is 1. The van der Waals surface area contributed by atoms with E-state index in [-0.39, 0.29) is 17.1 Å². The van der Waals surface area contributed by atoms with E-state index in [9.17, 15) is 15.0 Å². The molecular formula is C22H24O5. The molecule has 1 aromatic rings. The number of hydrogen-bond donors (Lipinski definition) is 2. The van der Waals surface area contributed by atoms with Crippen LogP contribution in [-0.4, -0.2) is 36.0 Å². The Morgan fingerprint density at radius 3 is 2.48 bits per heavy atom. The molecule has 0 bridgehead atoms. The van der Waals surface area contributed by atoms with Crippen molar-refractivity contribution < 1.29 is 24.5 Å². The third-order valence-electron chi connectivity index (χ3n) is 4.19. The first-order valence-corrected chi connectivity index (χ1v) is 8.41. The Kier molecular flexibility index (Phi) is 6.55. The summed E-state index contributed by atoms with van der Waals surface area (Å²) in [7, 11) is 2.71. The van der Waals surface area contributed by atoms with Gasteiger partial charge in [-0.05, 0) is 19.1 Å². The molecule has 0 fully saturated rings. The number of benzene rings is 1. The van der Waals surface area contributed by atoms with E-state index >= 15 is 0 Å². The van der Waals surface area contributed by atoms with Gasteiger partial charge in [-0.2, -0.15) is 0 Å². The van der Waals surface area contributed by atoms with Crippen LogP contribution in [0.5, 0.6) is 0 Å². The summed E-state index contributed by atoms with van der Waals surface area (Å²) in [6.07, 6.45) is 7.43. The highest BCUT2D eigenvalue weighted by atomic mass is 16.6. The van der Waals surface area contributed by atoms with Crippen LogP contribution in [0.25, 0.3) is 5.76 Å². The van der Waals surface area contributed by atoms with Gasteiger partial charge in [0, 0.05) is 18.7 Å². The molecule has 1 aromatic carbocycles. The van der Waals surface area contributed by atoms with Crippen LogP contribution in [-0.2, 0) is 14.3 Å². The fraction of sp³-hybridized carbons (Fsp3) is 0.227. The maximum Gasteiger partial charge on any atom is 0.202 e. The summed E-state index contributed by atoms with van der Waals surface area (Å²) >= 11 is 0. The number of hydrogen-bond acceptors (Lipinski definition) is 5. The lowest BCUT2D eigenvalue weighted by Crippen LogP contribution is -2.45. The molecule has 2 unspecified atom stereocenters. The lowest BCUT2D eigenvalue weighted by Gasteiger charge is -2.34. The number of Topliss-reactive ketones (excluding diaryl/α,β-unsaturated/α-hetero) is 1. The highest BCUT2D eigenvalue weighted by Gasteiger charge is 2.45. The molecule has 5 heteroatoms. The predicted molar refractivity (Wildman–Crippen MR) is 105 cm³/mol. The van der Waals surface area contributed by atoms with Crippen LogP contribution >= 0.6 is 0 Å². The molecule has 2 atom stereocenters. The fourth-order valence-corrected chi connectivity index (χ4v) is 2.70. The SMILES string of the molecule is C=C(C)C=CC1C(=O)C(=CC=C(O)c2ccccc2)C(OC)=CC1(O)OC. The Labute approximate surface area is 159 Å². The summed E-state index contributed by atoms with van der Waals surface area (Å²) in [4.78, 5) is 13.0. The number of rotatable bonds is 6.